The van der Waals surface area contributed by atoms with Gasteiger partial charge in [-0.05, 0) is 42.2 Å². The number of rotatable bonds is 5. The van der Waals surface area contributed by atoms with Crippen LogP contribution in [0.15, 0.2) is 30.4 Å². The molecule has 0 fully saturated rings. The summed E-state index contributed by atoms with van der Waals surface area (Å²) < 4.78 is 5.48. The Labute approximate surface area is 102 Å². The lowest BCUT2D eigenvalue weighted by atomic mass is 10.0. The van der Waals surface area contributed by atoms with Gasteiger partial charge in [0.15, 0.2) is 0 Å². The van der Waals surface area contributed by atoms with Gasteiger partial charge in [0.25, 0.3) is 0 Å². The van der Waals surface area contributed by atoms with Crippen molar-refractivity contribution in [2.45, 2.75) is 26.7 Å². The number of ether oxygens (including phenoxy) is 1. The maximum atomic E-state index is 10.3. The molecule has 0 unspecified atom stereocenters. The second kappa shape index (κ2) is 6.09. The normalized spacial score (nSPS) is 11.1. The van der Waals surface area contributed by atoms with Crippen LogP contribution < -0.4 is 4.74 Å². The van der Waals surface area contributed by atoms with Gasteiger partial charge in [0.05, 0.1) is 0 Å². The van der Waals surface area contributed by atoms with Gasteiger partial charge >= 0.3 is 5.97 Å². The van der Waals surface area contributed by atoms with E-state index in [0.29, 0.717) is 5.92 Å². The summed E-state index contributed by atoms with van der Waals surface area (Å²) in [5.41, 5.74) is 2.37. The van der Waals surface area contributed by atoms with Crippen LogP contribution in [0.3, 0.4) is 0 Å². The third kappa shape index (κ3) is 4.72. The van der Waals surface area contributed by atoms with Crippen LogP contribution in [0.1, 0.15) is 30.9 Å². The summed E-state index contributed by atoms with van der Waals surface area (Å²) in [7, 11) is 0. The fraction of sp³-hybridized carbons (Fsp3) is 0.357. The van der Waals surface area contributed by atoms with Gasteiger partial charge in [-0.25, -0.2) is 4.79 Å². The van der Waals surface area contributed by atoms with E-state index in [1.54, 1.807) is 0 Å². The zero-order valence-corrected chi connectivity index (χ0v) is 10.4. The minimum absolute atomic E-state index is 0.271. The molecule has 0 heterocycles. The van der Waals surface area contributed by atoms with Gasteiger partial charge in [0.2, 0.25) is 0 Å². The van der Waals surface area contributed by atoms with Gasteiger partial charge in [-0.15, -0.1) is 0 Å². The molecule has 1 aromatic rings. The Hall–Kier alpha value is -1.77. The number of carbonyl (C=O) groups is 1. The minimum Gasteiger partial charge on any atom is -0.490 e. The van der Waals surface area contributed by atoms with Crippen LogP contribution in [-0.2, 0) is 4.79 Å². The van der Waals surface area contributed by atoms with Crippen molar-refractivity contribution in [2.75, 3.05) is 6.61 Å². The average Bonchev–Trinajstić information content (AvgIpc) is 2.23. The Kier molecular flexibility index (Phi) is 4.76. The third-order valence-electron chi connectivity index (χ3n) is 2.35. The molecule has 0 aromatic heterocycles. The van der Waals surface area contributed by atoms with E-state index in [1.807, 2.05) is 19.1 Å². The third-order valence-corrected chi connectivity index (χ3v) is 2.35. The lowest BCUT2D eigenvalue weighted by Crippen LogP contribution is -1.97. The van der Waals surface area contributed by atoms with E-state index in [1.165, 1.54) is 11.6 Å². The van der Waals surface area contributed by atoms with E-state index < -0.39 is 5.97 Å². The Morgan fingerprint density at radius 2 is 2.12 bits per heavy atom. The van der Waals surface area contributed by atoms with Crippen molar-refractivity contribution in [1.82, 2.24) is 0 Å². The molecule has 0 amide bonds. The zero-order chi connectivity index (χ0) is 12.8. The van der Waals surface area contributed by atoms with E-state index in [4.69, 9.17) is 9.84 Å². The standard InChI is InChI=1S/C14H18O3/c1-10(2)12-7-11(3)8-13(9-12)17-6-4-5-14(15)16/h4-5,7-10H,6H2,1-3H3,(H,15,16). The molecular weight excluding hydrogens is 216 g/mol. The smallest absolute Gasteiger partial charge is 0.328 e. The van der Waals surface area contributed by atoms with Gasteiger partial charge in [-0.3, -0.25) is 0 Å². The molecule has 0 aliphatic heterocycles. The molecule has 0 spiro atoms. The monoisotopic (exact) mass is 234 g/mol. The summed E-state index contributed by atoms with van der Waals surface area (Å²) in [6.45, 7) is 6.55. The molecule has 0 radical (unpaired) electrons. The molecule has 3 nitrogen and oxygen atoms in total. The molecular formula is C14H18O3. The Bertz CT molecular complexity index is 419. The molecule has 0 saturated heterocycles. The van der Waals surface area contributed by atoms with Crippen LogP contribution in [0.2, 0.25) is 0 Å². The first kappa shape index (κ1) is 13.3. The molecule has 0 aliphatic carbocycles. The topological polar surface area (TPSA) is 46.5 Å². The van der Waals surface area contributed by atoms with Crippen molar-refractivity contribution in [3.8, 4) is 5.75 Å². The van der Waals surface area contributed by atoms with E-state index in [0.717, 1.165) is 17.4 Å². The van der Waals surface area contributed by atoms with Crippen LogP contribution >= 0.6 is 0 Å². The van der Waals surface area contributed by atoms with Gasteiger partial charge < -0.3 is 9.84 Å². The van der Waals surface area contributed by atoms with Crippen molar-refractivity contribution in [3.63, 3.8) is 0 Å². The Morgan fingerprint density at radius 3 is 2.71 bits per heavy atom. The van der Waals surface area contributed by atoms with Crippen LogP contribution in [0.4, 0.5) is 0 Å². The van der Waals surface area contributed by atoms with Crippen molar-refractivity contribution in [1.29, 1.82) is 0 Å². The molecule has 1 rings (SSSR count). The van der Waals surface area contributed by atoms with E-state index in [-0.39, 0.29) is 6.61 Å². The lowest BCUT2D eigenvalue weighted by Gasteiger charge is -2.10. The number of benzene rings is 1. The van der Waals surface area contributed by atoms with Crippen LogP contribution in [0.5, 0.6) is 5.75 Å². The Morgan fingerprint density at radius 1 is 1.41 bits per heavy atom. The summed E-state index contributed by atoms with van der Waals surface area (Å²) in [6.07, 6.45) is 2.57. The number of carboxylic acid groups (broad SMARTS) is 1. The van der Waals surface area contributed by atoms with Crippen molar-refractivity contribution < 1.29 is 14.6 Å². The first-order valence-electron chi connectivity index (χ1n) is 5.63. The van der Waals surface area contributed by atoms with E-state index in [9.17, 15) is 4.79 Å². The second-order valence-corrected chi connectivity index (χ2v) is 4.29. The van der Waals surface area contributed by atoms with Crippen molar-refractivity contribution in [2.24, 2.45) is 0 Å². The first-order valence-corrected chi connectivity index (χ1v) is 5.63. The SMILES string of the molecule is Cc1cc(OCC=CC(=O)O)cc(C(C)C)c1. The molecule has 3 heteroatoms. The van der Waals surface area contributed by atoms with Gasteiger partial charge in [-0.2, -0.15) is 0 Å². The molecule has 1 N–H and O–H groups in total. The number of aryl methyl sites for hydroxylation is 1. The number of aliphatic carboxylic acids is 1. The number of hydrogen-bond donors (Lipinski definition) is 1. The molecule has 0 aliphatic rings. The highest BCUT2D eigenvalue weighted by molar-refractivity contribution is 5.79. The maximum absolute atomic E-state index is 10.3. The van der Waals surface area contributed by atoms with Crippen LogP contribution in [0.25, 0.3) is 0 Å². The maximum Gasteiger partial charge on any atom is 0.328 e. The molecule has 1 aromatic carbocycles. The summed E-state index contributed by atoms with van der Waals surface area (Å²) >= 11 is 0. The van der Waals surface area contributed by atoms with E-state index >= 15 is 0 Å². The second-order valence-electron chi connectivity index (χ2n) is 4.29. The highest BCUT2D eigenvalue weighted by Gasteiger charge is 2.02. The highest BCUT2D eigenvalue weighted by atomic mass is 16.5. The molecule has 92 valence electrons. The van der Waals surface area contributed by atoms with Crippen molar-refractivity contribution in [3.05, 3.63) is 41.5 Å². The molecule has 17 heavy (non-hydrogen) atoms. The zero-order valence-electron chi connectivity index (χ0n) is 10.4. The number of hydrogen-bond acceptors (Lipinski definition) is 2. The minimum atomic E-state index is -0.958. The highest BCUT2D eigenvalue weighted by Crippen LogP contribution is 2.22. The predicted molar refractivity (Wildman–Crippen MR) is 67.5 cm³/mol. The van der Waals surface area contributed by atoms with E-state index in [2.05, 4.69) is 19.9 Å². The van der Waals surface area contributed by atoms with Crippen molar-refractivity contribution >= 4 is 5.97 Å². The summed E-state index contributed by atoms with van der Waals surface area (Å²) in [6, 6.07) is 6.07. The largest absolute Gasteiger partial charge is 0.490 e. The number of carboxylic acids is 1. The van der Waals surface area contributed by atoms with Gasteiger partial charge in [0, 0.05) is 6.08 Å². The molecule has 0 atom stereocenters. The Balaban J connectivity index is 2.68. The van der Waals surface area contributed by atoms with Gasteiger partial charge in [-0.1, -0.05) is 19.9 Å². The van der Waals surface area contributed by atoms with Gasteiger partial charge in [0.1, 0.15) is 12.4 Å². The predicted octanol–water partition coefficient (Wildman–Crippen LogP) is 3.14. The average molecular weight is 234 g/mol. The van der Waals surface area contributed by atoms with Crippen LogP contribution in [-0.4, -0.2) is 17.7 Å². The molecule has 0 bridgehead atoms. The quantitative estimate of drug-likeness (QED) is 0.796. The lowest BCUT2D eigenvalue weighted by molar-refractivity contribution is -0.131. The fourth-order valence-electron chi connectivity index (χ4n) is 1.49. The summed E-state index contributed by atoms with van der Waals surface area (Å²) in [4.78, 5) is 10.3. The first-order chi connectivity index (χ1) is 7.99. The summed E-state index contributed by atoms with van der Waals surface area (Å²) in [5.74, 6) is 0.274. The van der Waals surface area contributed by atoms with Crippen LogP contribution in [0, 0.1) is 6.92 Å². The molecule has 0 saturated carbocycles. The summed E-state index contributed by atoms with van der Waals surface area (Å²) in [5, 5.41) is 8.43. The fourth-order valence-corrected chi connectivity index (χ4v) is 1.49.